The van der Waals surface area contributed by atoms with E-state index in [9.17, 15) is 9.59 Å². The van der Waals surface area contributed by atoms with Gasteiger partial charge in [0.25, 0.3) is 0 Å². The van der Waals surface area contributed by atoms with Crippen molar-refractivity contribution in [3.63, 3.8) is 0 Å². The molecule has 0 spiro atoms. The molecule has 2 aromatic heterocycles. The number of hydrogen-bond acceptors (Lipinski definition) is 4. The van der Waals surface area contributed by atoms with Gasteiger partial charge in [-0.2, -0.15) is 5.10 Å². The maximum atomic E-state index is 12.2. The van der Waals surface area contributed by atoms with E-state index >= 15 is 0 Å². The van der Waals surface area contributed by atoms with Gasteiger partial charge in [0.05, 0.1) is 6.20 Å². The number of carbonyl (C=O) groups excluding carboxylic acids is 2. The van der Waals surface area contributed by atoms with Crippen LogP contribution in [0.3, 0.4) is 0 Å². The van der Waals surface area contributed by atoms with Gasteiger partial charge in [-0.05, 0) is 60.2 Å². The number of aryl methyl sites for hydroxylation is 1. The maximum Gasteiger partial charge on any atom is 0.313 e. The Morgan fingerprint density at radius 1 is 1.04 bits per heavy atom. The maximum absolute atomic E-state index is 12.2. The van der Waals surface area contributed by atoms with Gasteiger partial charge in [0.15, 0.2) is 0 Å². The predicted molar refractivity (Wildman–Crippen MR) is 105 cm³/mol. The molecule has 0 fully saturated rings. The molecule has 0 unspecified atom stereocenters. The number of aromatic amines is 1. The first-order valence-corrected chi connectivity index (χ1v) is 9.28. The fourth-order valence-electron chi connectivity index (χ4n) is 3.41. The smallest absolute Gasteiger partial charge is 0.313 e. The minimum absolute atomic E-state index is 0.0612. The zero-order valence-electron chi connectivity index (χ0n) is 15.3. The van der Waals surface area contributed by atoms with Gasteiger partial charge in [-0.25, -0.2) is 0 Å². The monoisotopic (exact) mass is 375 g/mol. The van der Waals surface area contributed by atoms with Crippen molar-refractivity contribution in [3.05, 3.63) is 77.4 Å². The van der Waals surface area contributed by atoms with E-state index in [1.807, 2.05) is 30.5 Å². The molecule has 2 amide bonds. The Balaban J connectivity index is 1.30. The molecule has 28 heavy (non-hydrogen) atoms. The molecule has 0 saturated heterocycles. The summed E-state index contributed by atoms with van der Waals surface area (Å²) in [5.41, 5.74) is 5.09. The van der Waals surface area contributed by atoms with Crippen molar-refractivity contribution in [2.45, 2.75) is 31.7 Å². The van der Waals surface area contributed by atoms with Gasteiger partial charge in [0.1, 0.15) is 0 Å². The number of nitrogens with zero attached hydrogens (tertiary/aromatic N) is 2. The number of rotatable bonds is 4. The van der Waals surface area contributed by atoms with Gasteiger partial charge in [-0.3, -0.25) is 19.7 Å². The fourth-order valence-corrected chi connectivity index (χ4v) is 3.41. The molecule has 0 aliphatic heterocycles. The largest absolute Gasteiger partial charge is 0.345 e. The normalized spacial score (nSPS) is 15.5. The summed E-state index contributed by atoms with van der Waals surface area (Å²) in [6.07, 6.45) is 8.45. The fraction of sp³-hybridized carbons (Fsp3) is 0.238. The highest BCUT2D eigenvalue weighted by Crippen LogP contribution is 2.19. The van der Waals surface area contributed by atoms with E-state index in [-0.39, 0.29) is 6.04 Å². The summed E-state index contributed by atoms with van der Waals surface area (Å²) >= 11 is 0. The second-order valence-corrected chi connectivity index (χ2v) is 6.97. The second-order valence-electron chi connectivity index (χ2n) is 6.97. The number of aromatic nitrogens is 3. The predicted octanol–water partition coefficient (Wildman–Crippen LogP) is 2.01. The minimum atomic E-state index is -0.655. The summed E-state index contributed by atoms with van der Waals surface area (Å²) in [6.45, 7) is 0. The lowest BCUT2D eigenvalue weighted by Crippen LogP contribution is -2.44. The Labute approximate surface area is 162 Å². The molecule has 1 aromatic carbocycles. The number of benzene rings is 1. The van der Waals surface area contributed by atoms with Crippen molar-refractivity contribution in [2.75, 3.05) is 5.32 Å². The van der Waals surface area contributed by atoms with Gasteiger partial charge >= 0.3 is 11.8 Å². The van der Waals surface area contributed by atoms with E-state index in [0.29, 0.717) is 12.1 Å². The Morgan fingerprint density at radius 3 is 2.57 bits per heavy atom. The molecule has 0 radical (unpaired) electrons. The second kappa shape index (κ2) is 8.04. The average Bonchev–Trinajstić information content (AvgIpc) is 3.18. The summed E-state index contributed by atoms with van der Waals surface area (Å²) in [5, 5.41) is 12.4. The number of fused-ring (bicyclic) bond motifs is 1. The van der Waals surface area contributed by atoms with Crippen LogP contribution in [0.25, 0.3) is 0 Å². The SMILES string of the molecule is O=C(Nc1ccc(Cc2ccncc2)cc1)C(=O)N[C@H]1CCc2cn[nH]c2C1. The van der Waals surface area contributed by atoms with E-state index < -0.39 is 11.8 Å². The molecule has 1 atom stereocenters. The molecular formula is C21H21N5O2. The molecule has 1 aliphatic rings. The molecule has 0 saturated carbocycles. The van der Waals surface area contributed by atoms with Crippen LogP contribution in [0.4, 0.5) is 5.69 Å². The van der Waals surface area contributed by atoms with Crippen molar-refractivity contribution in [1.82, 2.24) is 20.5 Å². The molecule has 2 heterocycles. The summed E-state index contributed by atoms with van der Waals surface area (Å²) in [6, 6.07) is 11.4. The number of H-pyrrole nitrogens is 1. The van der Waals surface area contributed by atoms with E-state index in [1.165, 1.54) is 11.1 Å². The first-order chi connectivity index (χ1) is 13.7. The topological polar surface area (TPSA) is 99.8 Å². The minimum Gasteiger partial charge on any atom is -0.345 e. The number of anilines is 1. The van der Waals surface area contributed by atoms with Crippen LogP contribution in [-0.4, -0.2) is 33.0 Å². The third-order valence-corrected chi connectivity index (χ3v) is 4.93. The lowest BCUT2D eigenvalue weighted by atomic mass is 9.94. The van der Waals surface area contributed by atoms with Crippen LogP contribution >= 0.6 is 0 Å². The standard InChI is InChI=1S/C21H21N5O2/c27-20(21(28)25-18-6-3-16-13-23-26-19(16)12-18)24-17-4-1-14(2-5-17)11-15-7-9-22-10-8-15/h1-2,4-5,7-10,13,18H,3,6,11-12H2,(H,23,26)(H,24,27)(H,25,28)/t18-/m0/s1. The van der Waals surface area contributed by atoms with Crippen LogP contribution in [0.1, 0.15) is 28.8 Å². The molecule has 3 N–H and O–H groups in total. The van der Waals surface area contributed by atoms with Gasteiger partial charge in [0.2, 0.25) is 0 Å². The molecule has 7 nitrogen and oxygen atoms in total. The number of carbonyl (C=O) groups is 2. The van der Waals surface area contributed by atoms with Crippen LogP contribution in [-0.2, 0) is 28.9 Å². The van der Waals surface area contributed by atoms with Crippen LogP contribution in [0.5, 0.6) is 0 Å². The third-order valence-electron chi connectivity index (χ3n) is 4.93. The van der Waals surface area contributed by atoms with Crippen LogP contribution < -0.4 is 10.6 Å². The number of pyridine rings is 1. The first-order valence-electron chi connectivity index (χ1n) is 9.28. The Morgan fingerprint density at radius 2 is 1.79 bits per heavy atom. The number of amides is 2. The Bertz CT molecular complexity index is 966. The van der Waals surface area contributed by atoms with Gasteiger partial charge in [-0.15, -0.1) is 0 Å². The van der Waals surface area contributed by atoms with E-state index in [4.69, 9.17) is 0 Å². The molecule has 1 aliphatic carbocycles. The lowest BCUT2D eigenvalue weighted by molar-refractivity contribution is -0.136. The number of nitrogens with one attached hydrogen (secondary N) is 3. The molecule has 0 bridgehead atoms. The van der Waals surface area contributed by atoms with E-state index in [0.717, 1.165) is 30.5 Å². The Kier molecular flexibility index (Phi) is 5.14. The summed E-state index contributed by atoms with van der Waals surface area (Å²) in [5.74, 6) is -1.27. The molecule has 7 heteroatoms. The van der Waals surface area contributed by atoms with Gasteiger partial charge in [0, 0.05) is 36.2 Å². The van der Waals surface area contributed by atoms with Gasteiger partial charge < -0.3 is 10.6 Å². The van der Waals surface area contributed by atoms with Crippen LogP contribution in [0.2, 0.25) is 0 Å². The quantitative estimate of drug-likeness (QED) is 0.607. The zero-order valence-corrected chi connectivity index (χ0v) is 15.3. The van der Waals surface area contributed by atoms with Crippen molar-refractivity contribution in [3.8, 4) is 0 Å². The van der Waals surface area contributed by atoms with E-state index in [2.05, 4.69) is 25.8 Å². The molecule has 3 aromatic rings. The summed E-state index contributed by atoms with van der Waals surface area (Å²) in [4.78, 5) is 28.4. The van der Waals surface area contributed by atoms with Crippen LogP contribution in [0.15, 0.2) is 55.0 Å². The third kappa shape index (κ3) is 4.25. The van der Waals surface area contributed by atoms with Crippen molar-refractivity contribution in [1.29, 1.82) is 0 Å². The molecule has 4 rings (SSSR count). The zero-order chi connectivity index (χ0) is 19.3. The summed E-state index contributed by atoms with van der Waals surface area (Å²) < 4.78 is 0. The highest BCUT2D eigenvalue weighted by atomic mass is 16.2. The highest BCUT2D eigenvalue weighted by molar-refractivity contribution is 6.39. The van der Waals surface area contributed by atoms with Crippen LogP contribution in [0, 0.1) is 0 Å². The molecular weight excluding hydrogens is 354 g/mol. The molecule has 142 valence electrons. The lowest BCUT2D eigenvalue weighted by Gasteiger charge is -2.22. The number of hydrogen-bond donors (Lipinski definition) is 3. The summed E-state index contributed by atoms with van der Waals surface area (Å²) in [7, 11) is 0. The van der Waals surface area contributed by atoms with Crippen molar-refractivity contribution >= 4 is 17.5 Å². The van der Waals surface area contributed by atoms with Gasteiger partial charge in [-0.1, -0.05) is 12.1 Å². The van der Waals surface area contributed by atoms with E-state index in [1.54, 1.807) is 24.5 Å². The van der Waals surface area contributed by atoms with Crippen molar-refractivity contribution in [2.24, 2.45) is 0 Å². The first kappa shape index (κ1) is 17.9. The average molecular weight is 375 g/mol. The highest BCUT2D eigenvalue weighted by Gasteiger charge is 2.24. The Hall–Kier alpha value is -3.48. The van der Waals surface area contributed by atoms with Crippen molar-refractivity contribution < 1.29 is 9.59 Å².